The van der Waals surface area contributed by atoms with Gasteiger partial charge in [0.2, 0.25) is 0 Å². The summed E-state index contributed by atoms with van der Waals surface area (Å²) in [6.07, 6.45) is 1.83. The predicted molar refractivity (Wildman–Crippen MR) is 62.8 cm³/mol. The lowest BCUT2D eigenvalue weighted by molar-refractivity contribution is 0.0800. The molecule has 0 fully saturated rings. The summed E-state index contributed by atoms with van der Waals surface area (Å²) in [5, 5.41) is 10.8. The van der Waals surface area contributed by atoms with Crippen molar-refractivity contribution in [2.24, 2.45) is 0 Å². The lowest BCUT2D eigenvalue weighted by atomic mass is 9.98. The Bertz CT molecular complexity index is 522. The Morgan fingerprint density at radius 1 is 1.38 bits per heavy atom. The first-order chi connectivity index (χ1) is 7.45. The number of hydrogen-bond donors (Lipinski definition) is 1. The lowest BCUT2D eigenvalue weighted by Gasteiger charge is -2.16. The van der Waals surface area contributed by atoms with Gasteiger partial charge in [-0.1, -0.05) is 12.1 Å². The number of hydrogen-bond acceptors (Lipinski definition) is 1. The summed E-state index contributed by atoms with van der Waals surface area (Å²) in [7, 11) is 0. The summed E-state index contributed by atoms with van der Waals surface area (Å²) >= 11 is 0. The molecule has 2 nitrogen and oxygen atoms in total. The number of benzene rings is 1. The fraction of sp³-hybridized carbons (Fsp3) is 0.385. The van der Waals surface area contributed by atoms with Crippen LogP contribution in [0.25, 0.3) is 10.9 Å². The summed E-state index contributed by atoms with van der Waals surface area (Å²) in [6, 6.07) is 4.97. The molecule has 0 radical (unpaired) electrons. The van der Waals surface area contributed by atoms with E-state index in [2.05, 4.69) is 0 Å². The molecular weight excluding hydrogens is 205 g/mol. The molecule has 86 valence electrons. The second kappa shape index (κ2) is 3.59. The SMILES string of the molecule is CCn1cc(C(C)(C)O)c2cccc(F)c21. The van der Waals surface area contributed by atoms with Crippen molar-refractivity contribution >= 4 is 10.9 Å². The molecule has 0 bridgehead atoms. The monoisotopic (exact) mass is 221 g/mol. The van der Waals surface area contributed by atoms with E-state index >= 15 is 0 Å². The molecule has 0 atom stereocenters. The third-order valence-corrected chi connectivity index (χ3v) is 2.85. The van der Waals surface area contributed by atoms with Gasteiger partial charge in [0.1, 0.15) is 5.82 Å². The van der Waals surface area contributed by atoms with Crippen molar-refractivity contribution < 1.29 is 9.50 Å². The molecule has 0 aliphatic carbocycles. The van der Waals surface area contributed by atoms with Crippen LogP contribution in [-0.4, -0.2) is 9.67 Å². The Morgan fingerprint density at radius 2 is 2.06 bits per heavy atom. The van der Waals surface area contributed by atoms with Crippen LogP contribution in [0.5, 0.6) is 0 Å². The van der Waals surface area contributed by atoms with Crippen molar-refractivity contribution in [2.75, 3.05) is 0 Å². The van der Waals surface area contributed by atoms with Gasteiger partial charge < -0.3 is 9.67 Å². The number of para-hydroxylation sites is 1. The molecule has 0 unspecified atom stereocenters. The van der Waals surface area contributed by atoms with Crippen LogP contribution in [0.3, 0.4) is 0 Å². The Morgan fingerprint density at radius 3 is 2.62 bits per heavy atom. The molecule has 0 saturated heterocycles. The molecule has 0 amide bonds. The highest BCUT2D eigenvalue weighted by Gasteiger charge is 2.22. The van der Waals surface area contributed by atoms with Crippen LogP contribution in [0.4, 0.5) is 4.39 Å². The van der Waals surface area contributed by atoms with Crippen LogP contribution in [0.15, 0.2) is 24.4 Å². The van der Waals surface area contributed by atoms with Gasteiger partial charge in [-0.15, -0.1) is 0 Å². The number of fused-ring (bicyclic) bond motifs is 1. The van der Waals surface area contributed by atoms with Gasteiger partial charge in [0.05, 0.1) is 11.1 Å². The van der Waals surface area contributed by atoms with Crippen molar-refractivity contribution in [3.63, 3.8) is 0 Å². The normalized spacial score (nSPS) is 12.3. The minimum absolute atomic E-state index is 0.241. The second-order valence-corrected chi connectivity index (χ2v) is 4.52. The van der Waals surface area contributed by atoms with Gasteiger partial charge in [0.15, 0.2) is 0 Å². The van der Waals surface area contributed by atoms with Gasteiger partial charge in [-0.25, -0.2) is 4.39 Å². The maximum atomic E-state index is 13.7. The van der Waals surface area contributed by atoms with Crippen LogP contribution in [0, 0.1) is 5.82 Å². The fourth-order valence-electron chi connectivity index (χ4n) is 2.05. The third-order valence-electron chi connectivity index (χ3n) is 2.85. The standard InChI is InChI=1S/C13H16FNO/c1-4-15-8-10(13(2,3)16)9-6-5-7-11(14)12(9)15/h5-8,16H,4H2,1-3H3. The van der Waals surface area contributed by atoms with Crippen LogP contribution in [0.2, 0.25) is 0 Å². The number of aryl methyl sites for hydroxylation is 1. The van der Waals surface area contributed by atoms with Crippen molar-refractivity contribution in [3.8, 4) is 0 Å². The highest BCUT2D eigenvalue weighted by Crippen LogP contribution is 2.31. The van der Waals surface area contributed by atoms with Crippen LogP contribution in [0.1, 0.15) is 26.3 Å². The Hall–Kier alpha value is -1.35. The maximum Gasteiger partial charge on any atom is 0.147 e. The van der Waals surface area contributed by atoms with Crippen LogP contribution in [-0.2, 0) is 12.1 Å². The van der Waals surface area contributed by atoms with Gasteiger partial charge in [-0.05, 0) is 26.8 Å². The topological polar surface area (TPSA) is 25.2 Å². The molecule has 1 N–H and O–H groups in total. The van der Waals surface area contributed by atoms with E-state index in [0.717, 1.165) is 10.9 Å². The van der Waals surface area contributed by atoms with Crippen molar-refractivity contribution in [1.29, 1.82) is 0 Å². The third kappa shape index (κ3) is 1.61. The van der Waals surface area contributed by atoms with E-state index in [1.807, 2.05) is 23.8 Å². The van der Waals surface area contributed by atoms with Gasteiger partial charge in [-0.2, -0.15) is 0 Å². The van der Waals surface area contributed by atoms with Crippen molar-refractivity contribution in [1.82, 2.24) is 4.57 Å². The first-order valence-electron chi connectivity index (χ1n) is 5.45. The van der Waals surface area contributed by atoms with Gasteiger partial charge >= 0.3 is 0 Å². The highest BCUT2D eigenvalue weighted by atomic mass is 19.1. The molecule has 1 aromatic heterocycles. The van der Waals surface area contributed by atoms with E-state index in [1.165, 1.54) is 6.07 Å². The van der Waals surface area contributed by atoms with E-state index in [9.17, 15) is 9.50 Å². The molecule has 2 aromatic rings. The second-order valence-electron chi connectivity index (χ2n) is 4.52. The maximum absolute atomic E-state index is 13.7. The Balaban J connectivity index is 2.84. The minimum atomic E-state index is -0.952. The first-order valence-corrected chi connectivity index (χ1v) is 5.45. The molecule has 0 aliphatic heterocycles. The Labute approximate surface area is 94.3 Å². The molecule has 0 aliphatic rings. The highest BCUT2D eigenvalue weighted by molar-refractivity contribution is 5.85. The summed E-state index contributed by atoms with van der Waals surface area (Å²) < 4.78 is 15.6. The molecule has 1 heterocycles. The van der Waals surface area contributed by atoms with Crippen LogP contribution >= 0.6 is 0 Å². The average Bonchev–Trinajstić information content (AvgIpc) is 2.57. The van der Waals surface area contributed by atoms with Crippen LogP contribution < -0.4 is 0 Å². The fourth-order valence-corrected chi connectivity index (χ4v) is 2.05. The molecule has 3 heteroatoms. The zero-order valence-electron chi connectivity index (χ0n) is 9.79. The zero-order chi connectivity index (χ0) is 11.9. The van der Waals surface area contributed by atoms with Gasteiger partial charge in [0, 0.05) is 23.7 Å². The number of aliphatic hydroxyl groups is 1. The number of rotatable bonds is 2. The largest absolute Gasteiger partial charge is 0.386 e. The van der Waals surface area contributed by atoms with E-state index in [1.54, 1.807) is 19.9 Å². The van der Waals surface area contributed by atoms with E-state index in [4.69, 9.17) is 0 Å². The summed E-state index contributed by atoms with van der Waals surface area (Å²) in [4.78, 5) is 0. The average molecular weight is 221 g/mol. The molecule has 0 saturated carbocycles. The molecule has 16 heavy (non-hydrogen) atoms. The summed E-state index contributed by atoms with van der Waals surface area (Å²) in [5.74, 6) is -0.241. The Kier molecular flexibility index (Phi) is 2.50. The number of nitrogens with zero attached hydrogens (tertiary/aromatic N) is 1. The molecule has 0 spiro atoms. The molecule has 1 aromatic carbocycles. The molecular formula is C13H16FNO. The van der Waals surface area contributed by atoms with Gasteiger partial charge in [0.25, 0.3) is 0 Å². The van der Waals surface area contributed by atoms with Crippen molar-refractivity contribution in [2.45, 2.75) is 32.9 Å². The van der Waals surface area contributed by atoms with E-state index < -0.39 is 5.60 Å². The summed E-state index contributed by atoms with van der Waals surface area (Å²) in [5.41, 5.74) is 0.387. The lowest BCUT2D eigenvalue weighted by Crippen LogP contribution is -2.14. The first kappa shape index (κ1) is 11.1. The number of aromatic nitrogens is 1. The predicted octanol–water partition coefficient (Wildman–Crippen LogP) is 3.03. The van der Waals surface area contributed by atoms with E-state index in [0.29, 0.717) is 12.1 Å². The van der Waals surface area contributed by atoms with E-state index in [-0.39, 0.29) is 5.82 Å². The number of halogens is 1. The van der Waals surface area contributed by atoms with Crippen molar-refractivity contribution in [3.05, 3.63) is 35.8 Å². The molecule has 2 rings (SSSR count). The van der Waals surface area contributed by atoms with Gasteiger partial charge in [-0.3, -0.25) is 0 Å². The quantitative estimate of drug-likeness (QED) is 0.828. The summed E-state index contributed by atoms with van der Waals surface area (Å²) in [6.45, 7) is 6.08. The minimum Gasteiger partial charge on any atom is -0.386 e. The zero-order valence-corrected chi connectivity index (χ0v) is 9.79. The smallest absolute Gasteiger partial charge is 0.147 e.